The molecule has 0 amide bonds. The second-order valence-corrected chi connectivity index (χ2v) is 4.88. The molecule has 1 heterocycles. The number of hydrogen-bond donors (Lipinski definition) is 1. The fourth-order valence-corrected chi connectivity index (χ4v) is 2.86. The molecule has 1 nitrogen and oxygen atoms in total. The van der Waals surface area contributed by atoms with Gasteiger partial charge in [-0.1, -0.05) is 18.2 Å². The predicted molar refractivity (Wildman–Crippen MR) is 59.5 cm³/mol. The van der Waals surface area contributed by atoms with Gasteiger partial charge in [0.25, 0.3) is 0 Å². The number of hydrogen-bond acceptors (Lipinski definition) is 2. The van der Waals surface area contributed by atoms with Gasteiger partial charge in [0.1, 0.15) is 0 Å². The molecule has 1 aliphatic carbocycles. The van der Waals surface area contributed by atoms with Crippen molar-refractivity contribution >= 4 is 21.4 Å². The normalized spacial score (nSPS) is 18.6. The lowest BCUT2D eigenvalue weighted by atomic mass is 10.0. The van der Waals surface area contributed by atoms with E-state index >= 15 is 0 Å². The van der Waals surface area contributed by atoms with E-state index in [1.165, 1.54) is 22.9 Å². The number of rotatable bonds is 2. The summed E-state index contributed by atoms with van der Waals surface area (Å²) in [7, 11) is 0. The van der Waals surface area contributed by atoms with Gasteiger partial charge in [-0.3, -0.25) is 0 Å². The van der Waals surface area contributed by atoms with Crippen molar-refractivity contribution in [1.82, 2.24) is 0 Å². The summed E-state index contributed by atoms with van der Waals surface area (Å²) >= 11 is 1.73. The van der Waals surface area contributed by atoms with Gasteiger partial charge in [0, 0.05) is 4.70 Å². The number of thiophene rings is 1. The summed E-state index contributed by atoms with van der Waals surface area (Å²) in [5.74, 6) is 0.516. The van der Waals surface area contributed by atoms with Crippen LogP contribution in [0.25, 0.3) is 10.1 Å². The molecule has 0 radical (unpaired) electrons. The van der Waals surface area contributed by atoms with Crippen molar-refractivity contribution in [3.63, 3.8) is 0 Å². The monoisotopic (exact) mass is 204 g/mol. The highest BCUT2D eigenvalue weighted by molar-refractivity contribution is 7.17. The number of aliphatic hydroxyl groups is 1. The van der Waals surface area contributed by atoms with Crippen LogP contribution < -0.4 is 0 Å². The molecule has 0 aliphatic heterocycles. The first-order chi connectivity index (χ1) is 6.86. The molecule has 1 aromatic heterocycles. The molecule has 1 atom stereocenters. The zero-order valence-electron chi connectivity index (χ0n) is 7.81. The van der Waals surface area contributed by atoms with E-state index in [0.717, 1.165) is 5.56 Å². The van der Waals surface area contributed by atoms with Gasteiger partial charge < -0.3 is 5.11 Å². The third kappa shape index (κ3) is 1.26. The fraction of sp³-hybridized carbons (Fsp3) is 0.333. The minimum Gasteiger partial charge on any atom is -0.388 e. The molecule has 1 N–H and O–H groups in total. The van der Waals surface area contributed by atoms with Crippen LogP contribution in [0.1, 0.15) is 24.5 Å². The van der Waals surface area contributed by atoms with Crippen LogP contribution in [0.4, 0.5) is 0 Å². The van der Waals surface area contributed by atoms with Crippen LogP contribution in [0.5, 0.6) is 0 Å². The van der Waals surface area contributed by atoms with Gasteiger partial charge >= 0.3 is 0 Å². The largest absolute Gasteiger partial charge is 0.388 e. The molecule has 1 unspecified atom stereocenters. The minimum atomic E-state index is -0.239. The Balaban J connectivity index is 2.14. The lowest BCUT2D eigenvalue weighted by Gasteiger charge is -2.10. The second-order valence-electron chi connectivity index (χ2n) is 3.97. The van der Waals surface area contributed by atoms with E-state index in [1.807, 2.05) is 6.07 Å². The van der Waals surface area contributed by atoms with Crippen LogP contribution in [0, 0.1) is 5.92 Å². The van der Waals surface area contributed by atoms with E-state index in [4.69, 9.17) is 0 Å². The summed E-state index contributed by atoms with van der Waals surface area (Å²) in [5.41, 5.74) is 1.12. The molecular formula is C12H12OS. The Labute approximate surface area is 87.0 Å². The van der Waals surface area contributed by atoms with E-state index in [9.17, 15) is 5.11 Å². The van der Waals surface area contributed by atoms with Crippen molar-refractivity contribution in [2.75, 3.05) is 0 Å². The molecule has 0 bridgehead atoms. The number of aliphatic hydroxyl groups excluding tert-OH is 1. The van der Waals surface area contributed by atoms with Gasteiger partial charge in [-0.15, -0.1) is 11.3 Å². The Morgan fingerprint density at radius 3 is 2.93 bits per heavy atom. The van der Waals surface area contributed by atoms with Gasteiger partial charge in [-0.2, -0.15) is 0 Å². The van der Waals surface area contributed by atoms with Crippen molar-refractivity contribution < 1.29 is 5.11 Å². The highest BCUT2D eigenvalue weighted by atomic mass is 32.1. The van der Waals surface area contributed by atoms with Crippen LogP contribution in [0.3, 0.4) is 0 Å². The van der Waals surface area contributed by atoms with Crippen LogP contribution in [-0.4, -0.2) is 5.11 Å². The first-order valence-electron chi connectivity index (χ1n) is 5.00. The molecule has 3 rings (SSSR count). The van der Waals surface area contributed by atoms with Crippen molar-refractivity contribution in [2.24, 2.45) is 5.92 Å². The molecule has 0 spiro atoms. The topological polar surface area (TPSA) is 20.2 Å². The highest BCUT2D eigenvalue weighted by Gasteiger charge is 2.31. The molecule has 72 valence electrons. The predicted octanol–water partition coefficient (Wildman–Crippen LogP) is 3.34. The van der Waals surface area contributed by atoms with Gasteiger partial charge in [-0.05, 0) is 41.2 Å². The molecule has 1 saturated carbocycles. The summed E-state index contributed by atoms with van der Waals surface area (Å²) in [4.78, 5) is 0. The second kappa shape index (κ2) is 3.07. The van der Waals surface area contributed by atoms with Gasteiger partial charge in [-0.25, -0.2) is 0 Å². The van der Waals surface area contributed by atoms with E-state index in [2.05, 4.69) is 23.6 Å². The SMILES string of the molecule is OC(c1cccc2ccsc12)C1CC1. The third-order valence-electron chi connectivity index (χ3n) is 2.90. The molecule has 2 heteroatoms. The summed E-state index contributed by atoms with van der Waals surface area (Å²) < 4.78 is 1.26. The highest BCUT2D eigenvalue weighted by Crippen LogP contribution is 2.43. The van der Waals surface area contributed by atoms with Crippen molar-refractivity contribution in [2.45, 2.75) is 18.9 Å². The van der Waals surface area contributed by atoms with E-state index in [1.54, 1.807) is 11.3 Å². The number of benzene rings is 1. The van der Waals surface area contributed by atoms with Gasteiger partial charge in [0.15, 0.2) is 0 Å². The molecule has 1 fully saturated rings. The Hall–Kier alpha value is -0.860. The summed E-state index contributed by atoms with van der Waals surface area (Å²) in [5, 5.41) is 13.4. The Morgan fingerprint density at radius 2 is 2.14 bits per heavy atom. The van der Waals surface area contributed by atoms with E-state index in [-0.39, 0.29) is 6.10 Å². The average molecular weight is 204 g/mol. The Morgan fingerprint density at radius 1 is 1.29 bits per heavy atom. The lowest BCUT2D eigenvalue weighted by molar-refractivity contribution is 0.155. The van der Waals surface area contributed by atoms with Crippen molar-refractivity contribution in [1.29, 1.82) is 0 Å². The summed E-state index contributed by atoms with van der Waals surface area (Å²) in [6.45, 7) is 0. The van der Waals surface area contributed by atoms with Crippen LogP contribution in [-0.2, 0) is 0 Å². The average Bonchev–Trinajstić information content (AvgIpc) is 2.94. The van der Waals surface area contributed by atoms with E-state index < -0.39 is 0 Å². The minimum absolute atomic E-state index is 0.239. The van der Waals surface area contributed by atoms with Gasteiger partial charge in [0.2, 0.25) is 0 Å². The zero-order valence-corrected chi connectivity index (χ0v) is 8.63. The lowest BCUT2D eigenvalue weighted by Crippen LogP contribution is -1.98. The fourth-order valence-electron chi connectivity index (χ4n) is 1.91. The Bertz CT molecular complexity index is 456. The first kappa shape index (κ1) is 8.45. The maximum Gasteiger partial charge on any atom is 0.0832 e. The van der Waals surface area contributed by atoms with Crippen LogP contribution in [0.15, 0.2) is 29.6 Å². The number of fused-ring (bicyclic) bond motifs is 1. The molecule has 0 saturated heterocycles. The smallest absolute Gasteiger partial charge is 0.0832 e. The Kier molecular flexibility index (Phi) is 1.85. The molecular weight excluding hydrogens is 192 g/mol. The molecule has 1 aliphatic rings. The molecule has 1 aromatic carbocycles. The standard InChI is InChI=1S/C12H12OS/c13-11(8-4-5-8)10-3-1-2-9-6-7-14-12(9)10/h1-3,6-8,11,13H,4-5H2. The van der Waals surface area contributed by atoms with Crippen molar-refractivity contribution in [3.8, 4) is 0 Å². The van der Waals surface area contributed by atoms with E-state index in [0.29, 0.717) is 5.92 Å². The maximum absolute atomic E-state index is 10.1. The first-order valence-corrected chi connectivity index (χ1v) is 5.88. The molecule has 14 heavy (non-hydrogen) atoms. The summed E-state index contributed by atoms with van der Waals surface area (Å²) in [6.07, 6.45) is 2.13. The van der Waals surface area contributed by atoms with Crippen LogP contribution >= 0.6 is 11.3 Å². The quantitative estimate of drug-likeness (QED) is 0.795. The van der Waals surface area contributed by atoms with Crippen molar-refractivity contribution in [3.05, 3.63) is 35.2 Å². The summed E-state index contributed by atoms with van der Waals surface area (Å²) in [6, 6.07) is 8.32. The maximum atomic E-state index is 10.1. The van der Waals surface area contributed by atoms with Crippen LogP contribution in [0.2, 0.25) is 0 Å². The zero-order chi connectivity index (χ0) is 9.54. The third-order valence-corrected chi connectivity index (χ3v) is 3.88. The molecule has 2 aromatic rings. The van der Waals surface area contributed by atoms with Gasteiger partial charge in [0.05, 0.1) is 6.10 Å².